The van der Waals surface area contributed by atoms with Crippen LogP contribution in [0, 0.1) is 16.7 Å². The zero-order valence-electron chi connectivity index (χ0n) is 13.1. The average molecular weight is 330 g/mol. The Morgan fingerprint density at radius 2 is 2.33 bits per heavy atom. The SMILES string of the molecule is C=CC[C@@]1(c2cnc3c(N)ncnn23)O[C@H](CO)[C@@H](O)[C@@]1(C)C#N. The van der Waals surface area contributed by atoms with Gasteiger partial charge < -0.3 is 20.7 Å². The summed E-state index contributed by atoms with van der Waals surface area (Å²) in [6.07, 6.45) is 2.45. The van der Waals surface area contributed by atoms with Gasteiger partial charge in [-0.2, -0.15) is 10.4 Å². The quantitative estimate of drug-likeness (QED) is 0.652. The molecule has 0 aromatic carbocycles. The summed E-state index contributed by atoms with van der Waals surface area (Å²) in [7, 11) is 0. The van der Waals surface area contributed by atoms with Crippen LogP contribution in [0.2, 0.25) is 0 Å². The second-order valence-electron chi connectivity index (χ2n) is 5.94. The van der Waals surface area contributed by atoms with Crippen LogP contribution in [0.15, 0.2) is 25.2 Å². The van der Waals surface area contributed by atoms with Crippen molar-refractivity contribution >= 4 is 11.5 Å². The van der Waals surface area contributed by atoms with Gasteiger partial charge in [0.05, 0.1) is 24.6 Å². The van der Waals surface area contributed by atoms with E-state index < -0.39 is 29.8 Å². The van der Waals surface area contributed by atoms with E-state index in [9.17, 15) is 15.5 Å². The number of nitrogens with two attached hydrogens (primary N) is 1. The number of anilines is 1. The van der Waals surface area contributed by atoms with Gasteiger partial charge in [-0.15, -0.1) is 6.58 Å². The Labute approximate surface area is 138 Å². The molecule has 4 atom stereocenters. The average Bonchev–Trinajstić information content (AvgIpc) is 3.10. The molecule has 2 aromatic heterocycles. The predicted octanol–water partition coefficient (Wildman–Crippen LogP) is -0.240. The summed E-state index contributed by atoms with van der Waals surface area (Å²) >= 11 is 0. The van der Waals surface area contributed by atoms with E-state index in [0.717, 1.165) is 0 Å². The van der Waals surface area contributed by atoms with E-state index in [-0.39, 0.29) is 12.2 Å². The number of hydrogen-bond acceptors (Lipinski definition) is 8. The van der Waals surface area contributed by atoms with E-state index in [1.165, 1.54) is 17.0 Å². The summed E-state index contributed by atoms with van der Waals surface area (Å²) < 4.78 is 7.43. The molecule has 0 saturated carbocycles. The van der Waals surface area contributed by atoms with Gasteiger partial charge in [0.15, 0.2) is 11.5 Å². The molecule has 3 heterocycles. The third kappa shape index (κ3) is 1.88. The van der Waals surface area contributed by atoms with Crippen LogP contribution in [-0.2, 0) is 10.3 Å². The normalized spacial score (nSPS) is 32.8. The molecule has 0 amide bonds. The molecule has 1 fully saturated rings. The smallest absolute Gasteiger partial charge is 0.196 e. The molecular weight excluding hydrogens is 312 g/mol. The van der Waals surface area contributed by atoms with Gasteiger partial charge >= 0.3 is 0 Å². The van der Waals surface area contributed by atoms with Crippen LogP contribution in [0.3, 0.4) is 0 Å². The number of nitriles is 1. The highest BCUT2D eigenvalue weighted by Crippen LogP contribution is 2.54. The van der Waals surface area contributed by atoms with Crippen LogP contribution in [0.1, 0.15) is 19.0 Å². The van der Waals surface area contributed by atoms with Crippen LogP contribution in [0.25, 0.3) is 5.65 Å². The van der Waals surface area contributed by atoms with Crippen LogP contribution in [-0.4, -0.2) is 48.6 Å². The van der Waals surface area contributed by atoms with Gasteiger partial charge in [0.1, 0.15) is 29.6 Å². The van der Waals surface area contributed by atoms with Crippen molar-refractivity contribution in [2.75, 3.05) is 12.3 Å². The van der Waals surface area contributed by atoms with Crippen molar-refractivity contribution in [3.05, 3.63) is 30.9 Å². The molecule has 9 nitrogen and oxygen atoms in total. The van der Waals surface area contributed by atoms with Crippen molar-refractivity contribution in [1.82, 2.24) is 19.6 Å². The van der Waals surface area contributed by atoms with Gasteiger partial charge in [-0.3, -0.25) is 0 Å². The molecule has 24 heavy (non-hydrogen) atoms. The number of rotatable bonds is 4. The third-order valence-electron chi connectivity index (χ3n) is 4.72. The molecule has 9 heteroatoms. The lowest BCUT2D eigenvalue weighted by molar-refractivity contribution is -0.0917. The van der Waals surface area contributed by atoms with Crippen molar-refractivity contribution in [3.63, 3.8) is 0 Å². The highest BCUT2D eigenvalue weighted by molar-refractivity contribution is 5.59. The third-order valence-corrected chi connectivity index (χ3v) is 4.72. The van der Waals surface area contributed by atoms with Gasteiger partial charge in [0.25, 0.3) is 0 Å². The Bertz CT molecular complexity index is 830. The van der Waals surface area contributed by atoms with Gasteiger partial charge in [-0.05, 0) is 6.92 Å². The summed E-state index contributed by atoms with van der Waals surface area (Å²) in [5.74, 6) is 0.181. The Balaban J connectivity index is 2.31. The summed E-state index contributed by atoms with van der Waals surface area (Å²) in [4.78, 5) is 8.10. The molecule has 1 aliphatic rings. The van der Waals surface area contributed by atoms with Crippen LogP contribution < -0.4 is 5.73 Å². The Kier molecular flexibility index (Phi) is 3.76. The molecule has 126 valence electrons. The fraction of sp³-hybridized carbons (Fsp3) is 0.467. The first kappa shape index (κ1) is 16.3. The van der Waals surface area contributed by atoms with E-state index in [1.54, 1.807) is 13.0 Å². The van der Waals surface area contributed by atoms with Crippen LogP contribution in [0.4, 0.5) is 5.82 Å². The van der Waals surface area contributed by atoms with Gasteiger partial charge in [-0.1, -0.05) is 6.08 Å². The summed E-state index contributed by atoms with van der Waals surface area (Å²) in [6.45, 7) is 4.89. The number of aromatic nitrogens is 4. The molecule has 0 aliphatic carbocycles. The minimum absolute atomic E-state index is 0.181. The maximum absolute atomic E-state index is 10.6. The van der Waals surface area contributed by atoms with Crippen molar-refractivity contribution in [2.24, 2.45) is 5.41 Å². The molecular formula is C15H18N6O3. The zero-order chi connectivity index (χ0) is 17.5. The first-order valence-electron chi connectivity index (χ1n) is 7.38. The standard InChI is InChI=1S/C15H18N6O3/c1-3-4-15(14(2,7-16)11(23)9(6-22)24-15)10-5-18-13-12(17)19-8-20-21(10)13/h3,5,8-9,11,22-23H,1,4,6H2,2H3,(H2,17,19,20)/t9-,11-,14-,15+/m1/s1. The van der Waals surface area contributed by atoms with Crippen LogP contribution >= 0.6 is 0 Å². The number of ether oxygens (including phenoxy) is 1. The number of aliphatic hydroxyl groups is 2. The first-order chi connectivity index (χ1) is 11.4. The van der Waals surface area contributed by atoms with E-state index in [4.69, 9.17) is 10.5 Å². The Morgan fingerprint density at radius 3 is 2.96 bits per heavy atom. The fourth-order valence-electron chi connectivity index (χ4n) is 3.35. The summed E-state index contributed by atoms with van der Waals surface area (Å²) in [6, 6.07) is 2.15. The number of imidazole rings is 1. The summed E-state index contributed by atoms with van der Waals surface area (Å²) in [5, 5.41) is 34.0. The maximum Gasteiger partial charge on any atom is 0.196 e. The largest absolute Gasteiger partial charge is 0.394 e. The van der Waals surface area contributed by atoms with Crippen molar-refractivity contribution in [3.8, 4) is 6.07 Å². The number of nitrogen functional groups attached to an aromatic ring is 1. The minimum atomic E-state index is -1.36. The topological polar surface area (TPSA) is 143 Å². The Morgan fingerprint density at radius 1 is 1.58 bits per heavy atom. The number of nitrogens with zero attached hydrogens (tertiary/aromatic N) is 5. The maximum atomic E-state index is 10.6. The molecule has 3 rings (SSSR count). The van der Waals surface area contributed by atoms with Crippen molar-refractivity contribution in [2.45, 2.75) is 31.2 Å². The van der Waals surface area contributed by atoms with E-state index in [1.807, 2.05) is 0 Å². The zero-order valence-corrected chi connectivity index (χ0v) is 13.1. The second kappa shape index (κ2) is 5.52. The lowest BCUT2D eigenvalue weighted by Crippen LogP contribution is -2.45. The minimum Gasteiger partial charge on any atom is -0.394 e. The van der Waals surface area contributed by atoms with E-state index in [0.29, 0.717) is 11.3 Å². The molecule has 0 bridgehead atoms. The molecule has 4 N–H and O–H groups in total. The summed E-state index contributed by atoms with van der Waals surface area (Å²) in [5.41, 5.74) is 3.92. The van der Waals surface area contributed by atoms with Gasteiger partial charge in [-0.25, -0.2) is 14.5 Å². The van der Waals surface area contributed by atoms with Crippen LogP contribution in [0.5, 0.6) is 0 Å². The predicted molar refractivity (Wildman–Crippen MR) is 83.4 cm³/mol. The van der Waals surface area contributed by atoms with Crippen molar-refractivity contribution in [1.29, 1.82) is 5.26 Å². The first-order valence-corrected chi connectivity index (χ1v) is 7.38. The molecule has 0 radical (unpaired) electrons. The highest BCUT2D eigenvalue weighted by Gasteiger charge is 2.65. The second-order valence-corrected chi connectivity index (χ2v) is 5.94. The van der Waals surface area contributed by atoms with E-state index >= 15 is 0 Å². The number of hydrogen-bond donors (Lipinski definition) is 3. The molecule has 1 saturated heterocycles. The molecule has 0 unspecified atom stereocenters. The lowest BCUT2D eigenvalue weighted by atomic mass is 9.68. The molecule has 1 aliphatic heterocycles. The monoisotopic (exact) mass is 330 g/mol. The Hall–Kier alpha value is -2.54. The molecule has 0 spiro atoms. The van der Waals surface area contributed by atoms with Gasteiger partial charge in [0, 0.05) is 6.42 Å². The number of fused-ring (bicyclic) bond motifs is 1. The lowest BCUT2D eigenvalue weighted by Gasteiger charge is -2.37. The van der Waals surface area contributed by atoms with Crippen molar-refractivity contribution < 1.29 is 14.9 Å². The van der Waals surface area contributed by atoms with E-state index in [2.05, 4.69) is 27.7 Å². The molecule has 2 aromatic rings. The highest BCUT2D eigenvalue weighted by atomic mass is 16.5. The number of aliphatic hydroxyl groups excluding tert-OH is 2. The van der Waals surface area contributed by atoms with Gasteiger partial charge in [0.2, 0.25) is 0 Å². The fourth-order valence-corrected chi connectivity index (χ4v) is 3.35.